The van der Waals surface area contributed by atoms with E-state index in [9.17, 15) is 0 Å². The molecule has 2 rings (SSSR count). The minimum atomic E-state index is -0.105. The topological polar surface area (TPSA) is 38.0 Å². The molecule has 1 aromatic rings. The molecule has 1 fully saturated rings. The third-order valence-corrected chi connectivity index (χ3v) is 3.57. The summed E-state index contributed by atoms with van der Waals surface area (Å²) in [5.74, 6) is 0.447. The molecule has 1 aromatic carbocycles. The standard InChI is InChI=1S/C14H22N2/c1-3-4-11-5-7-12(8-6-11)13-9-16-10-14(13,2)15/h5-8,13,16H,3-4,9-10,15H2,1-2H3/t13-,14+/m0/s1. The van der Waals surface area contributed by atoms with E-state index in [1.807, 2.05) is 0 Å². The van der Waals surface area contributed by atoms with E-state index in [0.717, 1.165) is 13.1 Å². The highest BCUT2D eigenvalue weighted by Crippen LogP contribution is 2.29. The van der Waals surface area contributed by atoms with Crippen LogP contribution in [0.4, 0.5) is 0 Å². The summed E-state index contributed by atoms with van der Waals surface area (Å²) in [6.45, 7) is 6.26. The Kier molecular flexibility index (Phi) is 3.31. The zero-order valence-corrected chi connectivity index (χ0v) is 10.3. The zero-order chi connectivity index (χ0) is 11.6. The van der Waals surface area contributed by atoms with Crippen LogP contribution in [0.1, 0.15) is 37.3 Å². The lowest BCUT2D eigenvalue weighted by Crippen LogP contribution is -2.42. The number of hydrogen-bond donors (Lipinski definition) is 2. The Bertz CT molecular complexity index is 340. The molecule has 0 aliphatic carbocycles. The van der Waals surface area contributed by atoms with Crippen LogP contribution in [0.15, 0.2) is 24.3 Å². The summed E-state index contributed by atoms with van der Waals surface area (Å²) in [7, 11) is 0. The molecule has 16 heavy (non-hydrogen) atoms. The fraction of sp³-hybridized carbons (Fsp3) is 0.571. The summed E-state index contributed by atoms with van der Waals surface area (Å²) >= 11 is 0. The lowest BCUT2D eigenvalue weighted by atomic mass is 9.84. The second-order valence-electron chi connectivity index (χ2n) is 5.18. The zero-order valence-electron chi connectivity index (χ0n) is 10.3. The molecular weight excluding hydrogens is 196 g/mol. The normalized spacial score (nSPS) is 29.6. The van der Waals surface area contributed by atoms with Gasteiger partial charge in [-0.25, -0.2) is 0 Å². The fourth-order valence-corrected chi connectivity index (χ4v) is 2.55. The van der Waals surface area contributed by atoms with Gasteiger partial charge in [-0.15, -0.1) is 0 Å². The Morgan fingerprint density at radius 1 is 1.38 bits per heavy atom. The van der Waals surface area contributed by atoms with Gasteiger partial charge in [0.2, 0.25) is 0 Å². The van der Waals surface area contributed by atoms with Crippen molar-refractivity contribution in [2.24, 2.45) is 5.73 Å². The molecule has 2 heteroatoms. The van der Waals surface area contributed by atoms with Crippen LogP contribution in [0.3, 0.4) is 0 Å². The van der Waals surface area contributed by atoms with Crippen LogP contribution in [0.25, 0.3) is 0 Å². The number of hydrogen-bond acceptors (Lipinski definition) is 2. The van der Waals surface area contributed by atoms with E-state index in [2.05, 4.69) is 43.4 Å². The first-order valence-corrected chi connectivity index (χ1v) is 6.22. The number of nitrogens with one attached hydrogen (secondary N) is 1. The highest BCUT2D eigenvalue weighted by Gasteiger charge is 2.35. The molecule has 0 unspecified atom stereocenters. The highest BCUT2D eigenvalue weighted by atomic mass is 15.0. The van der Waals surface area contributed by atoms with Crippen LogP contribution in [0, 0.1) is 0 Å². The lowest BCUT2D eigenvalue weighted by molar-refractivity contribution is 0.462. The molecule has 1 heterocycles. The van der Waals surface area contributed by atoms with Gasteiger partial charge in [0.15, 0.2) is 0 Å². The minimum absolute atomic E-state index is 0.105. The van der Waals surface area contributed by atoms with Crippen molar-refractivity contribution in [1.29, 1.82) is 0 Å². The molecular formula is C14H22N2. The number of rotatable bonds is 3. The van der Waals surface area contributed by atoms with Gasteiger partial charge in [-0.05, 0) is 24.5 Å². The molecule has 0 amide bonds. The molecule has 0 bridgehead atoms. The van der Waals surface area contributed by atoms with Crippen molar-refractivity contribution >= 4 is 0 Å². The monoisotopic (exact) mass is 218 g/mol. The van der Waals surface area contributed by atoms with E-state index in [1.54, 1.807) is 0 Å². The first-order chi connectivity index (χ1) is 7.63. The summed E-state index contributed by atoms with van der Waals surface area (Å²) in [4.78, 5) is 0. The molecule has 1 saturated heterocycles. The van der Waals surface area contributed by atoms with Crippen molar-refractivity contribution in [2.45, 2.75) is 38.1 Å². The van der Waals surface area contributed by atoms with Gasteiger partial charge in [0.25, 0.3) is 0 Å². The van der Waals surface area contributed by atoms with Crippen LogP contribution >= 0.6 is 0 Å². The van der Waals surface area contributed by atoms with Gasteiger partial charge in [-0.3, -0.25) is 0 Å². The van der Waals surface area contributed by atoms with Crippen molar-refractivity contribution < 1.29 is 0 Å². The van der Waals surface area contributed by atoms with Crippen LogP contribution in [-0.4, -0.2) is 18.6 Å². The molecule has 1 aliphatic rings. The Morgan fingerprint density at radius 2 is 2.06 bits per heavy atom. The number of benzene rings is 1. The Balaban J connectivity index is 2.15. The van der Waals surface area contributed by atoms with E-state index in [0.29, 0.717) is 5.92 Å². The van der Waals surface area contributed by atoms with Crippen molar-refractivity contribution in [1.82, 2.24) is 5.32 Å². The van der Waals surface area contributed by atoms with E-state index in [4.69, 9.17) is 5.73 Å². The Labute approximate surface area is 98.2 Å². The number of aryl methyl sites for hydroxylation is 1. The van der Waals surface area contributed by atoms with Crippen molar-refractivity contribution in [3.8, 4) is 0 Å². The summed E-state index contributed by atoms with van der Waals surface area (Å²) in [6, 6.07) is 8.97. The molecule has 2 nitrogen and oxygen atoms in total. The molecule has 0 spiro atoms. The van der Waals surface area contributed by atoms with Gasteiger partial charge < -0.3 is 11.1 Å². The van der Waals surface area contributed by atoms with Gasteiger partial charge in [-0.1, -0.05) is 37.6 Å². The van der Waals surface area contributed by atoms with Gasteiger partial charge in [0.1, 0.15) is 0 Å². The Morgan fingerprint density at radius 3 is 2.56 bits per heavy atom. The minimum Gasteiger partial charge on any atom is -0.324 e. The lowest BCUT2D eigenvalue weighted by Gasteiger charge is -2.26. The molecule has 2 atom stereocenters. The molecule has 0 saturated carbocycles. The van der Waals surface area contributed by atoms with Gasteiger partial charge in [0, 0.05) is 24.5 Å². The molecule has 0 aromatic heterocycles. The van der Waals surface area contributed by atoms with E-state index >= 15 is 0 Å². The summed E-state index contributed by atoms with van der Waals surface area (Å²) in [5.41, 5.74) is 8.98. The van der Waals surface area contributed by atoms with Crippen molar-refractivity contribution in [2.75, 3.05) is 13.1 Å². The van der Waals surface area contributed by atoms with Crippen molar-refractivity contribution in [3.63, 3.8) is 0 Å². The second-order valence-corrected chi connectivity index (χ2v) is 5.18. The molecule has 3 N–H and O–H groups in total. The van der Waals surface area contributed by atoms with E-state index in [1.165, 1.54) is 24.0 Å². The largest absolute Gasteiger partial charge is 0.324 e. The molecule has 1 aliphatic heterocycles. The quantitative estimate of drug-likeness (QED) is 0.815. The van der Waals surface area contributed by atoms with Crippen molar-refractivity contribution in [3.05, 3.63) is 35.4 Å². The third-order valence-electron chi connectivity index (χ3n) is 3.57. The summed E-state index contributed by atoms with van der Waals surface area (Å²) in [6.07, 6.45) is 2.38. The third kappa shape index (κ3) is 2.28. The number of nitrogens with two attached hydrogens (primary N) is 1. The maximum Gasteiger partial charge on any atom is 0.0333 e. The SMILES string of the molecule is CCCc1ccc([C@@H]2CNC[C@@]2(C)N)cc1. The van der Waals surface area contributed by atoms with E-state index in [-0.39, 0.29) is 5.54 Å². The fourth-order valence-electron chi connectivity index (χ4n) is 2.55. The highest BCUT2D eigenvalue weighted by molar-refractivity contribution is 5.29. The van der Waals surface area contributed by atoms with Crippen LogP contribution in [0.5, 0.6) is 0 Å². The first kappa shape index (κ1) is 11.6. The predicted molar refractivity (Wildman–Crippen MR) is 68.6 cm³/mol. The molecule has 0 radical (unpaired) electrons. The average molecular weight is 218 g/mol. The summed E-state index contributed by atoms with van der Waals surface area (Å²) in [5, 5.41) is 3.38. The van der Waals surface area contributed by atoms with Crippen LogP contribution in [-0.2, 0) is 6.42 Å². The molecule has 88 valence electrons. The van der Waals surface area contributed by atoms with Gasteiger partial charge in [0.05, 0.1) is 0 Å². The van der Waals surface area contributed by atoms with Gasteiger partial charge in [-0.2, -0.15) is 0 Å². The van der Waals surface area contributed by atoms with E-state index < -0.39 is 0 Å². The Hall–Kier alpha value is -0.860. The second kappa shape index (κ2) is 4.56. The first-order valence-electron chi connectivity index (χ1n) is 6.22. The smallest absolute Gasteiger partial charge is 0.0333 e. The summed E-state index contributed by atoms with van der Waals surface area (Å²) < 4.78 is 0. The van der Waals surface area contributed by atoms with Gasteiger partial charge >= 0.3 is 0 Å². The maximum absolute atomic E-state index is 6.29. The van der Waals surface area contributed by atoms with Crippen LogP contribution in [0.2, 0.25) is 0 Å². The van der Waals surface area contributed by atoms with Crippen LogP contribution < -0.4 is 11.1 Å². The average Bonchev–Trinajstić information content (AvgIpc) is 2.60. The predicted octanol–water partition coefficient (Wildman–Crippen LogP) is 2.04. The maximum atomic E-state index is 6.29.